The SMILES string of the molecule is Cc1cc(Nc2ccccc2C#N)nc(Nc2c(Cl)cccc2Cl)n1. The van der Waals surface area contributed by atoms with Crippen molar-refractivity contribution in [1.29, 1.82) is 5.26 Å². The van der Waals surface area contributed by atoms with Gasteiger partial charge in [-0.1, -0.05) is 41.4 Å². The Kier molecular flexibility index (Phi) is 5.03. The minimum Gasteiger partial charge on any atom is -0.339 e. The van der Waals surface area contributed by atoms with Crippen LogP contribution >= 0.6 is 23.2 Å². The fraction of sp³-hybridized carbons (Fsp3) is 0.0556. The van der Waals surface area contributed by atoms with E-state index in [1.54, 1.807) is 36.4 Å². The smallest absolute Gasteiger partial charge is 0.229 e. The van der Waals surface area contributed by atoms with Gasteiger partial charge in [-0.15, -0.1) is 0 Å². The molecule has 1 heterocycles. The summed E-state index contributed by atoms with van der Waals surface area (Å²) in [6.07, 6.45) is 0. The molecule has 0 aliphatic rings. The summed E-state index contributed by atoms with van der Waals surface area (Å²) in [5.41, 5.74) is 2.49. The molecule has 0 aliphatic heterocycles. The summed E-state index contributed by atoms with van der Waals surface area (Å²) in [5.74, 6) is 0.910. The quantitative estimate of drug-likeness (QED) is 0.639. The van der Waals surface area contributed by atoms with E-state index in [0.717, 1.165) is 5.69 Å². The van der Waals surface area contributed by atoms with Gasteiger partial charge in [-0.25, -0.2) is 4.98 Å². The lowest BCUT2D eigenvalue weighted by atomic mass is 10.2. The summed E-state index contributed by atoms with van der Waals surface area (Å²) in [4.78, 5) is 8.77. The van der Waals surface area contributed by atoms with E-state index in [1.165, 1.54) is 0 Å². The first-order valence-electron chi connectivity index (χ1n) is 7.39. The maximum atomic E-state index is 9.20. The number of nitriles is 1. The first-order chi connectivity index (χ1) is 12.1. The number of aryl methyl sites for hydroxylation is 1. The molecule has 25 heavy (non-hydrogen) atoms. The number of benzene rings is 2. The second-order valence-electron chi connectivity index (χ2n) is 5.22. The third-order valence-corrected chi connectivity index (χ3v) is 3.99. The van der Waals surface area contributed by atoms with Gasteiger partial charge in [0.1, 0.15) is 11.9 Å². The van der Waals surface area contributed by atoms with Crippen LogP contribution in [-0.4, -0.2) is 9.97 Å². The van der Waals surface area contributed by atoms with Crippen LogP contribution in [0.4, 0.5) is 23.1 Å². The number of nitrogens with zero attached hydrogens (tertiary/aromatic N) is 3. The summed E-state index contributed by atoms with van der Waals surface area (Å²) in [5, 5.41) is 16.3. The van der Waals surface area contributed by atoms with Gasteiger partial charge < -0.3 is 10.6 Å². The fourth-order valence-electron chi connectivity index (χ4n) is 2.25. The average molecular weight is 370 g/mol. The molecule has 7 heteroatoms. The molecule has 0 aliphatic carbocycles. The van der Waals surface area contributed by atoms with Crippen LogP contribution < -0.4 is 10.6 Å². The Morgan fingerprint density at radius 1 is 0.960 bits per heavy atom. The second-order valence-corrected chi connectivity index (χ2v) is 6.04. The molecule has 0 radical (unpaired) electrons. The van der Waals surface area contributed by atoms with Crippen molar-refractivity contribution in [3.8, 4) is 6.07 Å². The van der Waals surface area contributed by atoms with Crippen molar-refractivity contribution in [2.75, 3.05) is 10.6 Å². The summed E-state index contributed by atoms with van der Waals surface area (Å²) in [6.45, 7) is 1.85. The number of rotatable bonds is 4. The largest absolute Gasteiger partial charge is 0.339 e. The Hall–Kier alpha value is -2.81. The summed E-state index contributed by atoms with van der Waals surface area (Å²) in [7, 11) is 0. The molecule has 3 aromatic rings. The lowest BCUT2D eigenvalue weighted by molar-refractivity contribution is 1.11. The standard InChI is InChI=1S/C18H13Cl2N5/c1-11-9-16(23-15-8-3-2-5-12(15)10-21)24-18(22-11)25-17-13(19)6-4-7-14(17)20/h2-9H,1H3,(H2,22,23,24,25). The zero-order valence-corrected chi connectivity index (χ0v) is 14.7. The molecule has 0 spiro atoms. The molecule has 0 saturated heterocycles. The molecule has 0 bridgehead atoms. The van der Waals surface area contributed by atoms with Crippen molar-refractivity contribution in [2.24, 2.45) is 0 Å². The average Bonchev–Trinajstić information content (AvgIpc) is 2.58. The van der Waals surface area contributed by atoms with E-state index in [1.807, 2.05) is 19.1 Å². The monoisotopic (exact) mass is 369 g/mol. The summed E-state index contributed by atoms with van der Waals surface area (Å²) in [6, 6.07) is 16.4. The minimum atomic E-state index is 0.354. The van der Waals surface area contributed by atoms with Crippen LogP contribution in [0.5, 0.6) is 0 Å². The highest BCUT2D eigenvalue weighted by molar-refractivity contribution is 6.39. The molecule has 0 unspecified atom stereocenters. The lowest BCUT2D eigenvalue weighted by Gasteiger charge is -2.12. The molecule has 0 amide bonds. The first kappa shape index (κ1) is 17.0. The number of hydrogen-bond donors (Lipinski definition) is 2. The molecule has 5 nitrogen and oxygen atoms in total. The van der Waals surface area contributed by atoms with Gasteiger partial charge in [0.2, 0.25) is 5.95 Å². The van der Waals surface area contributed by atoms with Gasteiger partial charge in [-0.3, -0.25) is 0 Å². The Labute approximate surface area is 155 Å². The number of halogens is 2. The highest BCUT2D eigenvalue weighted by atomic mass is 35.5. The topological polar surface area (TPSA) is 73.6 Å². The fourth-order valence-corrected chi connectivity index (χ4v) is 2.74. The van der Waals surface area contributed by atoms with Gasteiger partial charge >= 0.3 is 0 Å². The van der Waals surface area contributed by atoms with Crippen LogP contribution in [0.15, 0.2) is 48.5 Å². The number of hydrogen-bond acceptors (Lipinski definition) is 5. The predicted octanol–water partition coefficient (Wildman–Crippen LogP) is 5.45. The maximum absolute atomic E-state index is 9.20. The Morgan fingerprint density at radius 2 is 1.68 bits per heavy atom. The summed E-state index contributed by atoms with van der Waals surface area (Å²) < 4.78 is 0. The Bertz CT molecular complexity index is 946. The number of nitrogens with one attached hydrogen (secondary N) is 2. The van der Waals surface area contributed by atoms with E-state index < -0.39 is 0 Å². The molecule has 3 rings (SSSR count). The maximum Gasteiger partial charge on any atom is 0.229 e. The molecule has 124 valence electrons. The van der Waals surface area contributed by atoms with Gasteiger partial charge in [-0.2, -0.15) is 10.2 Å². The van der Waals surface area contributed by atoms with Gasteiger partial charge in [0.05, 0.1) is 27.0 Å². The van der Waals surface area contributed by atoms with Crippen LogP contribution in [0.3, 0.4) is 0 Å². The van der Waals surface area contributed by atoms with Crippen molar-refractivity contribution >= 4 is 46.3 Å². The third kappa shape index (κ3) is 4.00. The van der Waals surface area contributed by atoms with Gasteiger partial charge in [-0.05, 0) is 31.2 Å². The van der Waals surface area contributed by atoms with Crippen LogP contribution in [0, 0.1) is 18.3 Å². The second kappa shape index (κ2) is 7.39. The molecule has 1 aromatic heterocycles. The number of aromatic nitrogens is 2. The molecule has 0 atom stereocenters. The summed E-state index contributed by atoms with van der Waals surface area (Å²) >= 11 is 12.3. The lowest BCUT2D eigenvalue weighted by Crippen LogP contribution is -2.03. The molecule has 2 N–H and O–H groups in total. The van der Waals surface area contributed by atoms with Crippen LogP contribution in [0.2, 0.25) is 10.0 Å². The first-order valence-corrected chi connectivity index (χ1v) is 8.15. The minimum absolute atomic E-state index is 0.354. The number of para-hydroxylation sites is 2. The van der Waals surface area contributed by atoms with Crippen molar-refractivity contribution < 1.29 is 0 Å². The zero-order chi connectivity index (χ0) is 17.8. The van der Waals surface area contributed by atoms with Crippen LogP contribution in [0.1, 0.15) is 11.3 Å². The van der Waals surface area contributed by atoms with E-state index in [2.05, 4.69) is 26.7 Å². The highest BCUT2D eigenvalue weighted by Crippen LogP contribution is 2.32. The van der Waals surface area contributed by atoms with E-state index in [-0.39, 0.29) is 0 Å². The van der Waals surface area contributed by atoms with E-state index >= 15 is 0 Å². The predicted molar refractivity (Wildman–Crippen MR) is 101 cm³/mol. The van der Waals surface area contributed by atoms with Gasteiger partial charge in [0.25, 0.3) is 0 Å². The van der Waals surface area contributed by atoms with E-state index in [4.69, 9.17) is 23.2 Å². The molecular formula is C18H13Cl2N5. The van der Waals surface area contributed by atoms with Crippen molar-refractivity contribution in [2.45, 2.75) is 6.92 Å². The van der Waals surface area contributed by atoms with Crippen LogP contribution in [0.25, 0.3) is 0 Å². The van der Waals surface area contributed by atoms with E-state index in [0.29, 0.717) is 38.7 Å². The Balaban J connectivity index is 1.92. The van der Waals surface area contributed by atoms with Gasteiger partial charge in [0, 0.05) is 11.8 Å². The molecule has 0 saturated carbocycles. The van der Waals surface area contributed by atoms with E-state index in [9.17, 15) is 5.26 Å². The Morgan fingerprint density at radius 3 is 2.40 bits per heavy atom. The highest BCUT2D eigenvalue weighted by Gasteiger charge is 2.10. The molecule has 0 fully saturated rings. The van der Waals surface area contributed by atoms with Crippen molar-refractivity contribution in [1.82, 2.24) is 9.97 Å². The third-order valence-electron chi connectivity index (χ3n) is 3.36. The number of anilines is 4. The molecule has 2 aromatic carbocycles. The van der Waals surface area contributed by atoms with Crippen molar-refractivity contribution in [3.05, 3.63) is 69.8 Å². The van der Waals surface area contributed by atoms with Crippen molar-refractivity contribution in [3.63, 3.8) is 0 Å². The molecular weight excluding hydrogens is 357 g/mol. The van der Waals surface area contributed by atoms with Gasteiger partial charge in [0.15, 0.2) is 0 Å². The normalized spacial score (nSPS) is 10.2. The zero-order valence-electron chi connectivity index (χ0n) is 13.2. The van der Waals surface area contributed by atoms with Crippen LogP contribution in [-0.2, 0) is 0 Å².